The van der Waals surface area contributed by atoms with Gasteiger partial charge in [0.1, 0.15) is 29.6 Å². The largest absolute Gasteiger partial charge is 0.435 e. The number of pyridine rings is 1. The van der Waals surface area contributed by atoms with Gasteiger partial charge < -0.3 is 15.2 Å². The number of ether oxygens (including phenoxy) is 1. The Morgan fingerprint density at radius 2 is 1.81 bits per heavy atom. The number of alkyl halides is 5. The van der Waals surface area contributed by atoms with Crippen molar-refractivity contribution < 1.29 is 53.8 Å². The first-order valence-electron chi connectivity index (χ1n) is 17.3. The number of fused-ring (bicyclic) bond motifs is 4. The van der Waals surface area contributed by atoms with Crippen molar-refractivity contribution in [3.63, 3.8) is 0 Å². The van der Waals surface area contributed by atoms with E-state index in [2.05, 4.69) is 37.1 Å². The molecule has 57 heavy (non-hydrogen) atoms. The number of amides is 1. The Labute approximate surface area is 319 Å². The summed E-state index contributed by atoms with van der Waals surface area (Å²) in [6.07, 6.45) is -4.67. The number of para-hydroxylation sites is 1. The van der Waals surface area contributed by atoms with E-state index in [1.807, 2.05) is 0 Å². The molecular formula is C37H30F7N7O5S. The minimum Gasteiger partial charge on any atom is -0.373 e. The maximum Gasteiger partial charge on any atom is 0.435 e. The average Bonchev–Trinajstić information content (AvgIpc) is 3.64. The molecule has 0 spiro atoms. The van der Waals surface area contributed by atoms with Gasteiger partial charge in [-0.25, -0.2) is 22.2 Å². The fourth-order valence-corrected chi connectivity index (χ4v) is 8.04. The predicted octanol–water partition coefficient (Wildman–Crippen LogP) is 4.92. The number of aromatic nitrogens is 5. The van der Waals surface area contributed by atoms with Crippen molar-refractivity contribution in [2.75, 3.05) is 24.2 Å². The van der Waals surface area contributed by atoms with E-state index in [9.17, 15) is 40.3 Å². The van der Waals surface area contributed by atoms with Gasteiger partial charge in [-0.1, -0.05) is 18.1 Å². The molecule has 1 saturated heterocycles. The Hall–Kier alpha value is -5.52. The molecule has 2 aliphatic carbocycles. The second-order valence-corrected chi connectivity index (χ2v) is 16.1. The number of nitrogens with one attached hydrogen (secondary N) is 2. The zero-order chi connectivity index (χ0) is 40.8. The van der Waals surface area contributed by atoms with Crippen LogP contribution in [-0.2, 0) is 51.7 Å². The third-order valence-corrected chi connectivity index (χ3v) is 10.6. The van der Waals surface area contributed by atoms with E-state index in [1.165, 1.54) is 10.7 Å². The quantitative estimate of drug-likeness (QED) is 0.140. The summed E-state index contributed by atoms with van der Waals surface area (Å²) in [5.41, 5.74) is -3.54. The van der Waals surface area contributed by atoms with Crippen LogP contribution in [0.4, 0.5) is 36.6 Å². The topological polar surface area (TPSA) is 153 Å². The average molecular weight is 818 g/mol. The minimum absolute atomic E-state index is 0.00348. The summed E-state index contributed by atoms with van der Waals surface area (Å²) in [4.78, 5) is 18.6. The lowest BCUT2D eigenvalue weighted by atomic mass is 9.93. The summed E-state index contributed by atoms with van der Waals surface area (Å²) < 4.78 is 135. The monoisotopic (exact) mass is 817 g/mol. The second kappa shape index (κ2) is 13.3. The zero-order valence-corrected chi connectivity index (χ0v) is 30.6. The Kier molecular flexibility index (Phi) is 8.93. The summed E-state index contributed by atoms with van der Waals surface area (Å²) in [7, 11) is -2.24. The first-order chi connectivity index (χ1) is 26.7. The molecule has 3 aromatic heterocycles. The van der Waals surface area contributed by atoms with E-state index in [0.717, 1.165) is 18.4 Å². The van der Waals surface area contributed by atoms with Crippen molar-refractivity contribution in [2.45, 2.75) is 49.0 Å². The number of halogens is 7. The summed E-state index contributed by atoms with van der Waals surface area (Å²) in [6.45, 7) is -1.23. The zero-order valence-electron chi connectivity index (χ0n) is 29.8. The smallest absolute Gasteiger partial charge is 0.373 e. The molecule has 2 fully saturated rings. The molecule has 1 aliphatic heterocycles. The number of carbonyl (C=O) groups is 1. The van der Waals surface area contributed by atoms with E-state index < -0.39 is 86.6 Å². The molecule has 20 heteroatoms. The lowest BCUT2D eigenvalue weighted by Gasteiger charge is -2.30. The van der Waals surface area contributed by atoms with Gasteiger partial charge in [-0.2, -0.15) is 32.1 Å². The predicted molar refractivity (Wildman–Crippen MR) is 188 cm³/mol. The summed E-state index contributed by atoms with van der Waals surface area (Å²) in [5.74, 6) is -3.68. The van der Waals surface area contributed by atoms with Crippen LogP contribution in [0, 0.1) is 29.4 Å². The summed E-state index contributed by atoms with van der Waals surface area (Å²) >= 11 is 0. The van der Waals surface area contributed by atoms with E-state index in [4.69, 9.17) is 4.74 Å². The normalized spacial score (nSPS) is 19.5. The summed E-state index contributed by atoms with van der Waals surface area (Å²) in [6, 6.07) is 9.09. The third-order valence-electron chi connectivity index (χ3n) is 9.99. The summed E-state index contributed by atoms with van der Waals surface area (Å²) in [5, 5.41) is 21.3. The fourth-order valence-electron chi connectivity index (χ4n) is 7.54. The highest BCUT2D eigenvalue weighted by atomic mass is 32.2. The molecule has 0 radical (unpaired) electrons. The Morgan fingerprint density at radius 1 is 1.09 bits per heavy atom. The van der Waals surface area contributed by atoms with Crippen LogP contribution in [-0.4, -0.2) is 69.0 Å². The SMILES string of the molecule is Cn1nc(NS(C)(=O)=O)c2cccc(-c3ccc(C#CC4(O)COC4)nc3[C@H](Cc3cc(F)cc(F)c3)NC(=O)Cn3nc(C(F)(F)F)c4c3C(F)(F)C3CC43)c21. The lowest BCUT2D eigenvalue weighted by molar-refractivity contribution is -0.142. The van der Waals surface area contributed by atoms with Gasteiger partial charge in [0.15, 0.2) is 17.1 Å². The van der Waals surface area contributed by atoms with Crippen LogP contribution in [0.25, 0.3) is 22.0 Å². The number of aryl methyl sites for hydroxylation is 1. The molecule has 3 atom stereocenters. The Morgan fingerprint density at radius 3 is 2.46 bits per heavy atom. The molecule has 4 heterocycles. The number of carbonyl (C=O) groups excluding carboxylic acids is 1. The number of hydrogen-bond donors (Lipinski definition) is 3. The van der Waals surface area contributed by atoms with E-state index >= 15 is 8.78 Å². The van der Waals surface area contributed by atoms with Crippen molar-refractivity contribution >= 4 is 32.7 Å². The van der Waals surface area contributed by atoms with Gasteiger partial charge in [0.05, 0.1) is 36.7 Å². The van der Waals surface area contributed by atoms with E-state index in [0.29, 0.717) is 27.2 Å². The molecule has 2 unspecified atom stereocenters. The first-order valence-corrected chi connectivity index (χ1v) is 19.2. The van der Waals surface area contributed by atoms with Crippen LogP contribution in [0.3, 0.4) is 0 Å². The van der Waals surface area contributed by atoms with Gasteiger partial charge in [-0.3, -0.25) is 18.9 Å². The fraction of sp³-hybridized carbons (Fsp3) is 0.351. The molecule has 0 bridgehead atoms. The molecule has 5 aromatic rings. The highest BCUT2D eigenvalue weighted by Crippen LogP contribution is 2.68. The standard InChI is InChI=1S/C37H30F7N7O5S/c1-50-31-23(4-3-5-24(31)34(48-50)49-57(2,54)55)22-7-6-21(8-9-35(53)16-56-17-35)45-30(22)27(12-18-10-19(38)13-20(39)11-18)46-28(52)15-51-33-29(32(47-51)37(42,43)44)25-14-26(25)36(33,40)41/h3-7,10-11,13,25-27,53H,12,14-17H2,1-2H3,(H,46,52)(H,48,49)/t25?,26?,27-/m0/s1. The number of rotatable bonds is 9. The number of hydrogen-bond acceptors (Lipinski definition) is 8. The van der Waals surface area contributed by atoms with Gasteiger partial charge in [0.25, 0.3) is 5.92 Å². The molecule has 1 saturated carbocycles. The Bertz CT molecular complexity index is 2640. The molecular weight excluding hydrogens is 788 g/mol. The lowest BCUT2D eigenvalue weighted by Crippen LogP contribution is -2.48. The number of aliphatic hydroxyl groups is 1. The van der Waals surface area contributed by atoms with Crippen molar-refractivity contribution in [1.82, 2.24) is 29.9 Å². The van der Waals surface area contributed by atoms with E-state index in [-0.39, 0.29) is 54.4 Å². The van der Waals surface area contributed by atoms with Gasteiger partial charge in [-0.05, 0) is 60.6 Å². The van der Waals surface area contributed by atoms with Gasteiger partial charge >= 0.3 is 6.18 Å². The maximum absolute atomic E-state index is 15.4. The van der Waals surface area contributed by atoms with Crippen LogP contribution in [0.15, 0.2) is 48.5 Å². The van der Waals surface area contributed by atoms with Crippen LogP contribution in [0.2, 0.25) is 0 Å². The minimum atomic E-state index is -5.08. The van der Waals surface area contributed by atoms with Gasteiger partial charge in [0, 0.05) is 41.1 Å². The van der Waals surface area contributed by atoms with Crippen LogP contribution >= 0.6 is 0 Å². The highest BCUT2D eigenvalue weighted by molar-refractivity contribution is 7.92. The number of anilines is 1. The second-order valence-electron chi connectivity index (χ2n) is 14.4. The van der Waals surface area contributed by atoms with Gasteiger partial charge in [0.2, 0.25) is 15.9 Å². The molecule has 3 N–H and O–H groups in total. The van der Waals surface area contributed by atoms with Crippen molar-refractivity contribution in [1.29, 1.82) is 0 Å². The van der Waals surface area contributed by atoms with Crippen LogP contribution < -0.4 is 10.0 Å². The van der Waals surface area contributed by atoms with E-state index in [1.54, 1.807) is 31.3 Å². The highest BCUT2D eigenvalue weighted by Gasteiger charge is 2.68. The van der Waals surface area contributed by atoms with Crippen molar-refractivity contribution in [3.8, 4) is 23.0 Å². The Balaban J connectivity index is 1.26. The van der Waals surface area contributed by atoms with Crippen molar-refractivity contribution in [2.24, 2.45) is 13.0 Å². The molecule has 1 amide bonds. The molecule has 2 aromatic carbocycles. The number of benzene rings is 2. The number of sulfonamides is 1. The number of nitrogens with zero attached hydrogens (tertiary/aromatic N) is 5. The van der Waals surface area contributed by atoms with Crippen molar-refractivity contribution in [3.05, 3.63) is 94.1 Å². The maximum atomic E-state index is 15.4. The van der Waals surface area contributed by atoms with Crippen LogP contribution in [0.1, 0.15) is 52.3 Å². The molecule has 298 valence electrons. The molecule has 12 nitrogen and oxygen atoms in total. The molecule has 3 aliphatic rings. The molecule has 8 rings (SSSR count). The third kappa shape index (κ3) is 7.19. The van der Waals surface area contributed by atoms with Gasteiger partial charge in [-0.15, -0.1) is 0 Å². The van der Waals surface area contributed by atoms with Crippen LogP contribution in [0.5, 0.6) is 0 Å². The first kappa shape index (κ1) is 38.4.